The zero-order chi connectivity index (χ0) is 32.7. The van der Waals surface area contributed by atoms with Gasteiger partial charge in [-0.3, -0.25) is 9.59 Å². The summed E-state index contributed by atoms with van der Waals surface area (Å²) < 4.78 is 46.5. The van der Waals surface area contributed by atoms with Crippen LogP contribution in [0.1, 0.15) is 78.8 Å². The molecule has 10 nitrogen and oxygen atoms in total. The van der Waals surface area contributed by atoms with Gasteiger partial charge in [0.25, 0.3) is 5.92 Å². The first-order valence-corrected chi connectivity index (χ1v) is 15.8. The minimum atomic E-state index is -2.93. The van der Waals surface area contributed by atoms with Crippen LogP contribution in [0.4, 0.5) is 13.6 Å². The molecule has 0 unspecified atom stereocenters. The van der Waals surface area contributed by atoms with Crippen molar-refractivity contribution in [3.63, 3.8) is 0 Å². The maximum Gasteiger partial charge on any atom is 0.408 e. The summed E-state index contributed by atoms with van der Waals surface area (Å²) in [5, 5.41) is 2.67. The monoisotopic (exact) mass is 630 g/mol. The van der Waals surface area contributed by atoms with Gasteiger partial charge in [-0.15, -0.1) is 0 Å². The number of ketones is 1. The number of hydrogen-bond acceptors (Lipinski definition) is 8. The van der Waals surface area contributed by atoms with Crippen molar-refractivity contribution in [3.8, 4) is 11.6 Å². The average Bonchev–Trinajstić information content (AvgIpc) is 3.44. The van der Waals surface area contributed by atoms with Crippen molar-refractivity contribution in [3.05, 3.63) is 23.9 Å². The lowest BCUT2D eigenvalue weighted by Gasteiger charge is -2.35. The number of rotatable bonds is 2. The summed E-state index contributed by atoms with van der Waals surface area (Å²) in [4.78, 5) is 51.4. The third kappa shape index (κ3) is 7.14. The molecule has 6 atom stereocenters. The number of alkyl halides is 2. The Bertz CT molecular complexity index is 1450. The van der Waals surface area contributed by atoms with Crippen molar-refractivity contribution < 1.29 is 37.4 Å². The second kappa shape index (κ2) is 12.7. The van der Waals surface area contributed by atoms with Crippen LogP contribution in [0.15, 0.2) is 18.2 Å². The molecule has 2 aromatic rings. The molecule has 1 N–H and O–H groups in total. The number of benzene rings is 1. The number of nitrogens with one attached hydrogen (secondary N) is 1. The summed E-state index contributed by atoms with van der Waals surface area (Å²) >= 11 is 0. The standard InChI is InChI=1S/C33H44F2N4O6/c1-18-26-17-39(27(18)19(2)40)30(41)28(32(3,4)5)38-31(42)45-25-16-33(34,35)15-20(25)10-8-7-9-11-23-29(44-26)37-24-14-21(43-6)12-13-22(24)36-23/h12-14,18,20,25-28H,7-11,15-17H2,1-6H3,(H,38,42)/t18-,20-,25-,26+,27+,28-/m1/s1. The molecule has 0 spiro atoms. The van der Waals surface area contributed by atoms with E-state index in [1.807, 2.05) is 19.1 Å². The molecule has 2 bridgehead atoms. The fourth-order valence-electron chi connectivity index (χ4n) is 6.97. The Morgan fingerprint density at radius 3 is 2.51 bits per heavy atom. The molecular formula is C33H44F2N4O6. The number of alkyl carbamates (subject to hydrolysis) is 1. The Hall–Kier alpha value is -3.57. The van der Waals surface area contributed by atoms with Crippen LogP contribution < -0.4 is 14.8 Å². The lowest BCUT2D eigenvalue weighted by atomic mass is 9.85. The fraction of sp³-hybridized carbons (Fsp3) is 0.667. The molecule has 1 aliphatic carbocycles. The molecule has 2 fully saturated rings. The summed E-state index contributed by atoms with van der Waals surface area (Å²) in [5.74, 6) is -3.55. The number of amides is 2. The Morgan fingerprint density at radius 1 is 1.07 bits per heavy atom. The quantitative estimate of drug-likeness (QED) is 0.463. The van der Waals surface area contributed by atoms with Gasteiger partial charge in [0.05, 0.1) is 30.7 Å². The van der Waals surface area contributed by atoms with E-state index in [2.05, 4.69) is 5.32 Å². The van der Waals surface area contributed by atoms with Crippen molar-refractivity contribution in [2.24, 2.45) is 17.3 Å². The first-order valence-electron chi connectivity index (χ1n) is 15.8. The smallest absolute Gasteiger partial charge is 0.408 e. The van der Waals surface area contributed by atoms with Crippen molar-refractivity contribution >= 4 is 28.8 Å². The van der Waals surface area contributed by atoms with Gasteiger partial charge in [-0.1, -0.05) is 40.5 Å². The normalized spacial score (nSPS) is 29.5. The van der Waals surface area contributed by atoms with Crippen LogP contribution in [-0.2, 0) is 20.7 Å². The molecule has 1 saturated carbocycles. The van der Waals surface area contributed by atoms with Gasteiger partial charge in [0, 0.05) is 30.7 Å². The molecule has 0 radical (unpaired) electrons. The number of aromatic nitrogens is 2. The van der Waals surface area contributed by atoms with Crippen LogP contribution in [0.3, 0.4) is 0 Å². The van der Waals surface area contributed by atoms with E-state index in [0.717, 1.165) is 12.8 Å². The van der Waals surface area contributed by atoms with Gasteiger partial charge < -0.3 is 24.4 Å². The van der Waals surface area contributed by atoms with Gasteiger partial charge in [0.15, 0.2) is 5.78 Å². The SMILES string of the molecule is COc1ccc2nc3c(nc2c1)O[C@H]1CN(C(=O)[C@H](C(C)(C)C)NC(=O)O[C@@H]2CC(F)(F)C[C@H]2CCCCC3)[C@H](C(C)=O)[C@@H]1C. The molecular weight excluding hydrogens is 586 g/mol. The van der Waals surface area contributed by atoms with Crippen LogP contribution >= 0.6 is 0 Å². The molecule has 12 heteroatoms. The topological polar surface area (TPSA) is 120 Å². The van der Waals surface area contributed by atoms with E-state index in [9.17, 15) is 23.2 Å². The first kappa shape index (κ1) is 32.8. The molecule has 246 valence electrons. The first-order chi connectivity index (χ1) is 21.2. The maximum absolute atomic E-state index is 14.5. The lowest BCUT2D eigenvalue weighted by Crippen LogP contribution is -2.57. The van der Waals surface area contributed by atoms with Crippen LogP contribution in [0.5, 0.6) is 11.6 Å². The second-order valence-corrected chi connectivity index (χ2v) is 13.9. The third-order valence-corrected chi connectivity index (χ3v) is 9.37. The van der Waals surface area contributed by atoms with Crippen LogP contribution in [0, 0.1) is 17.3 Å². The largest absolute Gasteiger partial charge is 0.497 e. The summed E-state index contributed by atoms with van der Waals surface area (Å²) in [5.41, 5.74) is 1.13. The molecule has 5 rings (SSSR count). The number of Topliss-reactive ketones (excluding diaryl/α,β-unsaturated/α-hetero) is 1. The number of methoxy groups -OCH3 is 1. The number of carbonyl (C=O) groups excluding carboxylic acids is 3. The molecule has 3 heterocycles. The second-order valence-electron chi connectivity index (χ2n) is 13.9. The van der Waals surface area contributed by atoms with E-state index < -0.39 is 65.9 Å². The van der Waals surface area contributed by atoms with Gasteiger partial charge in [-0.2, -0.15) is 0 Å². The van der Waals surface area contributed by atoms with E-state index in [0.29, 0.717) is 47.6 Å². The molecule has 1 aromatic carbocycles. The number of fused-ring (bicyclic) bond motifs is 5. The number of ether oxygens (including phenoxy) is 3. The molecule has 2 amide bonds. The van der Waals surface area contributed by atoms with E-state index in [1.54, 1.807) is 33.9 Å². The Morgan fingerprint density at radius 2 is 1.82 bits per heavy atom. The molecule has 1 saturated heterocycles. The summed E-state index contributed by atoms with van der Waals surface area (Å²) in [6, 6.07) is 3.53. The van der Waals surface area contributed by atoms with Crippen LogP contribution in [-0.4, -0.2) is 76.5 Å². The van der Waals surface area contributed by atoms with Gasteiger partial charge in [-0.05, 0) is 43.7 Å². The summed E-state index contributed by atoms with van der Waals surface area (Å²) in [7, 11) is 1.57. The molecule has 3 aliphatic rings. The van der Waals surface area contributed by atoms with Crippen molar-refractivity contribution in [2.45, 2.75) is 110 Å². The fourth-order valence-corrected chi connectivity index (χ4v) is 6.97. The number of carbonyl (C=O) groups is 3. The Kier molecular flexibility index (Phi) is 9.24. The van der Waals surface area contributed by atoms with Gasteiger partial charge in [0.2, 0.25) is 11.8 Å². The van der Waals surface area contributed by atoms with Crippen molar-refractivity contribution in [1.82, 2.24) is 20.2 Å². The zero-order valence-electron chi connectivity index (χ0n) is 26.9. The minimum absolute atomic E-state index is 0.0851. The van der Waals surface area contributed by atoms with E-state index in [4.69, 9.17) is 24.2 Å². The van der Waals surface area contributed by atoms with Crippen molar-refractivity contribution in [2.75, 3.05) is 13.7 Å². The number of halogens is 2. The highest BCUT2D eigenvalue weighted by Gasteiger charge is 2.51. The van der Waals surface area contributed by atoms with Crippen LogP contribution in [0.25, 0.3) is 11.0 Å². The zero-order valence-corrected chi connectivity index (χ0v) is 26.9. The van der Waals surface area contributed by atoms with Crippen molar-refractivity contribution in [1.29, 1.82) is 0 Å². The van der Waals surface area contributed by atoms with Crippen LogP contribution in [0.2, 0.25) is 0 Å². The van der Waals surface area contributed by atoms with Gasteiger partial charge in [0.1, 0.15) is 29.7 Å². The number of nitrogens with zero attached hydrogens (tertiary/aromatic N) is 3. The van der Waals surface area contributed by atoms with Gasteiger partial charge >= 0.3 is 6.09 Å². The predicted octanol–water partition coefficient (Wildman–Crippen LogP) is 5.49. The molecule has 2 aliphatic heterocycles. The Balaban J connectivity index is 1.53. The minimum Gasteiger partial charge on any atom is -0.497 e. The highest BCUT2D eigenvalue weighted by molar-refractivity contribution is 5.92. The van der Waals surface area contributed by atoms with E-state index >= 15 is 0 Å². The Labute approximate surface area is 262 Å². The van der Waals surface area contributed by atoms with E-state index in [-0.39, 0.29) is 18.7 Å². The average molecular weight is 631 g/mol. The predicted molar refractivity (Wildman–Crippen MR) is 162 cm³/mol. The molecule has 45 heavy (non-hydrogen) atoms. The molecule has 1 aromatic heterocycles. The highest BCUT2D eigenvalue weighted by atomic mass is 19.3. The van der Waals surface area contributed by atoms with Gasteiger partial charge in [-0.25, -0.2) is 23.5 Å². The summed E-state index contributed by atoms with van der Waals surface area (Å²) in [6.45, 7) is 8.74. The maximum atomic E-state index is 14.5. The number of aryl methyl sites for hydroxylation is 1. The highest BCUT2D eigenvalue weighted by Crippen LogP contribution is 2.43. The van der Waals surface area contributed by atoms with E-state index in [1.165, 1.54) is 11.8 Å². The summed E-state index contributed by atoms with van der Waals surface area (Å²) in [6.07, 6.45) is -0.177. The number of hydrogen-bond donors (Lipinski definition) is 1. The third-order valence-electron chi connectivity index (χ3n) is 9.37. The lowest BCUT2D eigenvalue weighted by molar-refractivity contribution is -0.141.